The molecule has 0 aliphatic heterocycles. The number of benzene rings is 2. The van der Waals surface area contributed by atoms with Gasteiger partial charge in [0.05, 0.1) is 17.0 Å². The zero-order valence-electron chi connectivity index (χ0n) is 11.6. The van der Waals surface area contributed by atoms with Gasteiger partial charge in [-0.15, -0.1) is 0 Å². The molecule has 7 heteroatoms. The Balaban J connectivity index is 2.19. The Kier molecular flexibility index (Phi) is 4.17. The number of hydrogen-bond acceptors (Lipinski definition) is 6. The van der Waals surface area contributed by atoms with Crippen LogP contribution in [0.2, 0.25) is 0 Å². The highest BCUT2D eigenvalue weighted by atomic mass is 16.4. The van der Waals surface area contributed by atoms with Gasteiger partial charge in [0.15, 0.2) is 5.75 Å². The smallest absolute Gasteiger partial charge is 0.335 e. The van der Waals surface area contributed by atoms with Gasteiger partial charge in [-0.3, -0.25) is 5.43 Å². The van der Waals surface area contributed by atoms with Crippen LogP contribution in [0.25, 0.3) is 0 Å². The van der Waals surface area contributed by atoms with Gasteiger partial charge >= 0.3 is 5.97 Å². The van der Waals surface area contributed by atoms with Crippen LogP contribution in [-0.2, 0) is 0 Å². The predicted octanol–water partition coefficient (Wildman–Crippen LogP) is 1.71. The third-order valence-electron chi connectivity index (χ3n) is 2.98. The number of anilines is 1. The molecular weight excluding hydrogens is 288 g/mol. The number of rotatable bonds is 4. The number of aromatic hydroxyl groups is 2. The van der Waals surface area contributed by atoms with E-state index in [0.717, 1.165) is 0 Å². The Morgan fingerprint density at radius 3 is 2.36 bits per heavy atom. The standard InChI is InChI=1S/C15H14N2O5/c1-8(11-6-7-12(18)14(20)13(11)19)16-17-10-4-2-9(3-5-10)15(21)22/h2-7,17-20H,1H3,(H,21,22)/p-1/b16-8+. The Hall–Kier alpha value is -3.22. The zero-order chi connectivity index (χ0) is 16.3. The average molecular weight is 301 g/mol. The van der Waals surface area contributed by atoms with E-state index in [2.05, 4.69) is 10.5 Å². The molecule has 2 rings (SSSR count). The number of carbonyl (C=O) groups is 1. The van der Waals surface area contributed by atoms with Crippen molar-refractivity contribution in [3.05, 3.63) is 47.5 Å². The van der Waals surface area contributed by atoms with Crippen LogP contribution >= 0.6 is 0 Å². The number of hydrogen-bond donors (Lipinski definition) is 4. The lowest BCUT2D eigenvalue weighted by molar-refractivity contribution is -0.270. The fourth-order valence-corrected chi connectivity index (χ4v) is 1.74. The molecule has 7 nitrogen and oxygen atoms in total. The summed E-state index contributed by atoms with van der Waals surface area (Å²) < 4.78 is 0. The minimum Gasteiger partial charge on any atom is -0.869 e. The fourth-order valence-electron chi connectivity index (χ4n) is 1.74. The average Bonchev–Trinajstić information content (AvgIpc) is 2.51. The lowest BCUT2D eigenvalue weighted by Gasteiger charge is -2.16. The predicted molar refractivity (Wildman–Crippen MR) is 78.5 cm³/mol. The highest BCUT2D eigenvalue weighted by Gasteiger charge is 2.07. The summed E-state index contributed by atoms with van der Waals surface area (Å²) in [6.07, 6.45) is 0. The van der Waals surface area contributed by atoms with Gasteiger partial charge in [-0.05, 0) is 48.9 Å². The molecular formula is C15H13N2O5-. The van der Waals surface area contributed by atoms with E-state index < -0.39 is 23.2 Å². The molecule has 0 aliphatic carbocycles. The SMILES string of the molecule is C/C(=N\Nc1ccc(C(=O)O)cc1)c1ccc(O)c(O)c1[O-]. The molecule has 0 heterocycles. The second-order valence-corrected chi connectivity index (χ2v) is 4.50. The second-order valence-electron chi connectivity index (χ2n) is 4.50. The third kappa shape index (κ3) is 3.09. The van der Waals surface area contributed by atoms with Gasteiger partial charge in [-0.25, -0.2) is 4.79 Å². The fraction of sp³-hybridized carbons (Fsp3) is 0.0667. The van der Waals surface area contributed by atoms with E-state index in [9.17, 15) is 20.1 Å². The Morgan fingerprint density at radius 2 is 1.77 bits per heavy atom. The van der Waals surface area contributed by atoms with Gasteiger partial charge in [0, 0.05) is 0 Å². The molecule has 0 unspecified atom stereocenters. The van der Waals surface area contributed by atoms with E-state index in [1.165, 1.54) is 36.4 Å². The molecule has 2 aromatic rings. The number of nitrogens with one attached hydrogen (secondary N) is 1. The van der Waals surface area contributed by atoms with Gasteiger partial charge < -0.3 is 20.4 Å². The maximum atomic E-state index is 11.8. The van der Waals surface area contributed by atoms with Crippen molar-refractivity contribution in [3.8, 4) is 17.2 Å². The number of hydrazone groups is 1. The van der Waals surface area contributed by atoms with Crippen LogP contribution in [0.3, 0.4) is 0 Å². The van der Waals surface area contributed by atoms with Crippen LogP contribution in [0.1, 0.15) is 22.8 Å². The maximum Gasteiger partial charge on any atom is 0.335 e. The molecule has 0 bridgehead atoms. The molecule has 4 N–H and O–H groups in total. The molecule has 2 aromatic carbocycles. The molecule has 0 saturated carbocycles. The molecule has 0 fully saturated rings. The first-order chi connectivity index (χ1) is 10.4. The Bertz CT molecular complexity index is 738. The number of phenolic OH excluding ortho intramolecular Hbond substituents is 2. The highest BCUT2D eigenvalue weighted by molar-refractivity contribution is 6.02. The molecule has 0 atom stereocenters. The van der Waals surface area contributed by atoms with Crippen LogP contribution < -0.4 is 10.5 Å². The minimum absolute atomic E-state index is 0.143. The molecule has 0 saturated heterocycles. The number of carboxylic acids is 1. The first-order valence-electron chi connectivity index (χ1n) is 6.26. The Labute approximate surface area is 125 Å². The molecule has 0 amide bonds. The van der Waals surface area contributed by atoms with E-state index >= 15 is 0 Å². The van der Waals surface area contributed by atoms with Crippen LogP contribution in [0.15, 0.2) is 41.5 Å². The molecule has 0 aliphatic rings. The van der Waals surface area contributed by atoms with Crippen molar-refractivity contribution in [1.82, 2.24) is 0 Å². The van der Waals surface area contributed by atoms with Gasteiger partial charge in [0.1, 0.15) is 5.75 Å². The summed E-state index contributed by atoms with van der Waals surface area (Å²) >= 11 is 0. The summed E-state index contributed by atoms with van der Waals surface area (Å²) in [5, 5.41) is 43.2. The summed E-state index contributed by atoms with van der Waals surface area (Å²) in [6.45, 7) is 1.56. The maximum absolute atomic E-state index is 11.8. The van der Waals surface area contributed by atoms with Crippen molar-refractivity contribution in [1.29, 1.82) is 0 Å². The quantitative estimate of drug-likeness (QED) is 0.387. The third-order valence-corrected chi connectivity index (χ3v) is 2.98. The molecule has 0 radical (unpaired) electrons. The normalized spacial score (nSPS) is 11.2. The minimum atomic E-state index is -1.03. The number of nitrogens with zero attached hydrogens (tertiary/aromatic N) is 1. The lowest BCUT2D eigenvalue weighted by Crippen LogP contribution is -2.05. The van der Waals surface area contributed by atoms with E-state index in [4.69, 9.17) is 5.11 Å². The van der Waals surface area contributed by atoms with E-state index in [0.29, 0.717) is 11.4 Å². The van der Waals surface area contributed by atoms with E-state index in [1.54, 1.807) is 6.92 Å². The van der Waals surface area contributed by atoms with Crippen molar-refractivity contribution >= 4 is 17.4 Å². The second kappa shape index (κ2) is 6.04. The van der Waals surface area contributed by atoms with E-state index in [1.807, 2.05) is 0 Å². The summed E-state index contributed by atoms with van der Waals surface area (Å²) in [5.41, 5.74) is 3.82. The largest absolute Gasteiger partial charge is 0.869 e. The van der Waals surface area contributed by atoms with Crippen molar-refractivity contribution in [2.45, 2.75) is 6.92 Å². The summed E-state index contributed by atoms with van der Waals surface area (Å²) in [4.78, 5) is 10.7. The van der Waals surface area contributed by atoms with Gasteiger partial charge in [0.25, 0.3) is 0 Å². The molecule has 0 aromatic heterocycles. The van der Waals surface area contributed by atoms with Gasteiger partial charge in [-0.1, -0.05) is 5.75 Å². The zero-order valence-corrected chi connectivity index (χ0v) is 11.6. The molecule has 114 valence electrons. The van der Waals surface area contributed by atoms with Crippen molar-refractivity contribution < 1.29 is 25.2 Å². The lowest BCUT2D eigenvalue weighted by atomic mass is 10.1. The first-order valence-corrected chi connectivity index (χ1v) is 6.26. The van der Waals surface area contributed by atoms with Crippen molar-refractivity contribution in [2.75, 3.05) is 5.43 Å². The first kappa shape index (κ1) is 15.2. The van der Waals surface area contributed by atoms with Crippen LogP contribution in [0, 0.1) is 0 Å². The summed E-state index contributed by atoms with van der Waals surface area (Å²) in [5.74, 6) is -2.96. The van der Waals surface area contributed by atoms with Crippen LogP contribution in [0.4, 0.5) is 5.69 Å². The molecule has 22 heavy (non-hydrogen) atoms. The Morgan fingerprint density at radius 1 is 1.14 bits per heavy atom. The summed E-state index contributed by atoms with van der Waals surface area (Å²) in [6, 6.07) is 8.46. The number of aromatic carboxylic acids is 1. The van der Waals surface area contributed by atoms with Crippen molar-refractivity contribution in [2.24, 2.45) is 5.10 Å². The molecule has 0 spiro atoms. The highest BCUT2D eigenvalue weighted by Crippen LogP contribution is 2.35. The topological polar surface area (TPSA) is 125 Å². The summed E-state index contributed by atoms with van der Waals surface area (Å²) in [7, 11) is 0. The monoisotopic (exact) mass is 301 g/mol. The number of phenols is 2. The number of carboxylic acid groups (broad SMARTS) is 1. The van der Waals surface area contributed by atoms with E-state index in [-0.39, 0.29) is 11.1 Å². The van der Waals surface area contributed by atoms with Gasteiger partial charge in [-0.2, -0.15) is 5.10 Å². The van der Waals surface area contributed by atoms with Gasteiger partial charge in [0.2, 0.25) is 0 Å². The van der Waals surface area contributed by atoms with Crippen LogP contribution in [0.5, 0.6) is 17.2 Å². The van der Waals surface area contributed by atoms with Crippen LogP contribution in [-0.4, -0.2) is 27.0 Å². The van der Waals surface area contributed by atoms with Crippen molar-refractivity contribution in [3.63, 3.8) is 0 Å².